The SMILES string of the molecule is N#CCOc1ccc(/C=C/C(=O)c2ccc(N3CCOCC3)cc2)cc1. The maximum absolute atomic E-state index is 12.3. The van der Waals surface area contributed by atoms with Crippen molar-refractivity contribution >= 4 is 17.5 Å². The van der Waals surface area contributed by atoms with E-state index in [4.69, 9.17) is 14.7 Å². The van der Waals surface area contributed by atoms with Crippen molar-refractivity contribution in [3.8, 4) is 11.8 Å². The summed E-state index contributed by atoms with van der Waals surface area (Å²) in [5.74, 6) is 0.595. The molecule has 132 valence electrons. The lowest BCUT2D eigenvalue weighted by Gasteiger charge is -2.28. The Morgan fingerprint density at radius 1 is 1.12 bits per heavy atom. The van der Waals surface area contributed by atoms with Crippen molar-refractivity contribution in [1.29, 1.82) is 5.26 Å². The first-order valence-electron chi connectivity index (χ1n) is 8.51. The van der Waals surface area contributed by atoms with E-state index in [-0.39, 0.29) is 12.4 Å². The lowest BCUT2D eigenvalue weighted by Crippen LogP contribution is -2.36. The summed E-state index contributed by atoms with van der Waals surface area (Å²) in [5, 5.41) is 8.50. The van der Waals surface area contributed by atoms with Gasteiger partial charge in [-0.25, -0.2) is 0 Å². The van der Waals surface area contributed by atoms with E-state index in [1.54, 1.807) is 24.3 Å². The average Bonchev–Trinajstić information content (AvgIpc) is 2.72. The largest absolute Gasteiger partial charge is 0.479 e. The van der Waals surface area contributed by atoms with E-state index >= 15 is 0 Å². The third kappa shape index (κ3) is 4.71. The van der Waals surface area contributed by atoms with Crippen LogP contribution in [0.2, 0.25) is 0 Å². The highest BCUT2D eigenvalue weighted by Gasteiger charge is 2.11. The molecule has 0 unspecified atom stereocenters. The van der Waals surface area contributed by atoms with Crippen LogP contribution in [0.4, 0.5) is 5.69 Å². The van der Waals surface area contributed by atoms with Gasteiger partial charge in [-0.15, -0.1) is 0 Å². The van der Waals surface area contributed by atoms with Crippen molar-refractivity contribution in [2.75, 3.05) is 37.8 Å². The maximum atomic E-state index is 12.3. The van der Waals surface area contributed by atoms with Crippen LogP contribution in [0.1, 0.15) is 15.9 Å². The zero-order valence-electron chi connectivity index (χ0n) is 14.4. The van der Waals surface area contributed by atoms with Crippen molar-refractivity contribution in [2.24, 2.45) is 0 Å². The van der Waals surface area contributed by atoms with Gasteiger partial charge in [0.15, 0.2) is 12.4 Å². The minimum absolute atomic E-state index is 0.0219. The third-order valence-corrected chi connectivity index (χ3v) is 4.14. The Hall–Kier alpha value is -3.10. The molecule has 0 spiro atoms. The van der Waals surface area contributed by atoms with Gasteiger partial charge in [0.1, 0.15) is 11.8 Å². The number of anilines is 1. The van der Waals surface area contributed by atoms with Crippen molar-refractivity contribution in [3.63, 3.8) is 0 Å². The number of rotatable bonds is 6. The minimum Gasteiger partial charge on any atom is -0.479 e. The van der Waals surface area contributed by atoms with E-state index in [1.807, 2.05) is 42.5 Å². The fourth-order valence-electron chi connectivity index (χ4n) is 2.72. The molecule has 1 fully saturated rings. The summed E-state index contributed by atoms with van der Waals surface area (Å²) in [4.78, 5) is 14.6. The molecule has 26 heavy (non-hydrogen) atoms. The van der Waals surface area contributed by atoms with E-state index in [2.05, 4.69) is 4.90 Å². The number of hydrogen-bond acceptors (Lipinski definition) is 5. The van der Waals surface area contributed by atoms with Crippen LogP contribution in [0.15, 0.2) is 54.6 Å². The third-order valence-electron chi connectivity index (χ3n) is 4.14. The number of carbonyl (C=O) groups excluding carboxylic acids is 1. The van der Waals surface area contributed by atoms with Gasteiger partial charge in [0.2, 0.25) is 0 Å². The molecule has 0 N–H and O–H groups in total. The molecular formula is C21H20N2O3. The second kappa shape index (κ2) is 8.84. The van der Waals surface area contributed by atoms with Gasteiger partial charge in [0, 0.05) is 24.3 Å². The molecule has 5 nitrogen and oxygen atoms in total. The highest BCUT2D eigenvalue weighted by molar-refractivity contribution is 6.07. The van der Waals surface area contributed by atoms with Crippen molar-refractivity contribution in [1.82, 2.24) is 0 Å². The predicted octanol–water partition coefficient (Wildman–Crippen LogP) is 3.32. The van der Waals surface area contributed by atoms with Crippen LogP contribution in [0.3, 0.4) is 0 Å². The molecule has 0 atom stereocenters. The van der Waals surface area contributed by atoms with Crippen molar-refractivity contribution < 1.29 is 14.3 Å². The fraction of sp³-hybridized carbons (Fsp3) is 0.238. The molecule has 1 heterocycles. The lowest BCUT2D eigenvalue weighted by molar-refractivity contribution is 0.104. The Morgan fingerprint density at radius 2 is 1.81 bits per heavy atom. The molecule has 5 heteroatoms. The summed E-state index contributed by atoms with van der Waals surface area (Å²) >= 11 is 0. The number of ether oxygens (including phenoxy) is 2. The van der Waals surface area contributed by atoms with E-state index in [0.29, 0.717) is 11.3 Å². The van der Waals surface area contributed by atoms with E-state index < -0.39 is 0 Å². The molecule has 2 aromatic rings. The molecule has 0 saturated carbocycles. The summed E-state index contributed by atoms with van der Waals surface area (Å²) in [6.07, 6.45) is 3.33. The molecule has 1 aliphatic rings. The van der Waals surface area contributed by atoms with Gasteiger partial charge < -0.3 is 14.4 Å². The molecule has 0 bridgehead atoms. The molecule has 0 aromatic heterocycles. The summed E-state index contributed by atoms with van der Waals surface area (Å²) < 4.78 is 10.6. The Labute approximate surface area is 153 Å². The van der Waals surface area contributed by atoms with Crippen LogP contribution in [0.25, 0.3) is 6.08 Å². The number of morpholine rings is 1. The number of benzene rings is 2. The molecule has 0 aliphatic carbocycles. The normalized spacial score (nSPS) is 14.2. The number of nitriles is 1. The van der Waals surface area contributed by atoms with Gasteiger partial charge in [-0.05, 0) is 48.0 Å². The molecular weight excluding hydrogens is 328 g/mol. The molecule has 1 saturated heterocycles. The van der Waals surface area contributed by atoms with Crippen molar-refractivity contribution in [2.45, 2.75) is 0 Å². The van der Waals surface area contributed by atoms with E-state index in [0.717, 1.165) is 37.6 Å². The quantitative estimate of drug-likeness (QED) is 0.592. The monoisotopic (exact) mass is 348 g/mol. The second-order valence-electron chi connectivity index (χ2n) is 5.86. The van der Waals surface area contributed by atoms with Gasteiger partial charge in [0.25, 0.3) is 0 Å². The van der Waals surface area contributed by atoms with Crippen molar-refractivity contribution in [3.05, 3.63) is 65.7 Å². The first-order chi connectivity index (χ1) is 12.8. The van der Waals surface area contributed by atoms with Crippen LogP contribution in [0.5, 0.6) is 5.75 Å². The number of ketones is 1. The topological polar surface area (TPSA) is 62.6 Å². The zero-order chi connectivity index (χ0) is 18.2. The lowest BCUT2D eigenvalue weighted by atomic mass is 10.1. The summed E-state index contributed by atoms with van der Waals surface area (Å²) in [7, 11) is 0. The van der Waals surface area contributed by atoms with Crippen LogP contribution in [0, 0.1) is 11.3 Å². The Morgan fingerprint density at radius 3 is 2.46 bits per heavy atom. The summed E-state index contributed by atoms with van der Waals surface area (Å²) in [6, 6.07) is 16.8. The van der Waals surface area contributed by atoms with Gasteiger partial charge in [-0.3, -0.25) is 4.79 Å². The Balaban J connectivity index is 1.60. The molecule has 0 amide bonds. The van der Waals surface area contributed by atoms with Crippen LogP contribution in [-0.4, -0.2) is 38.7 Å². The van der Waals surface area contributed by atoms with E-state index in [9.17, 15) is 4.79 Å². The molecule has 3 rings (SSSR count). The number of allylic oxidation sites excluding steroid dienone is 1. The zero-order valence-corrected chi connectivity index (χ0v) is 14.4. The van der Waals surface area contributed by atoms with E-state index in [1.165, 1.54) is 0 Å². The van der Waals surface area contributed by atoms with Gasteiger partial charge in [0.05, 0.1) is 13.2 Å². The minimum atomic E-state index is -0.0386. The molecule has 0 radical (unpaired) electrons. The number of nitrogens with zero attached hydrogens (tertiary/aromatic N) is 2. The van der Waals surface area contributed by atoms with Gasteiger partial charge in [-0.2, -0.15) is 5.26 Å². The van der Waals surface area contributed by atoms with Gasteiger partial charge in [-0.1, -0.05) is 18.2 Å². The first kappa shape index (κ1) is 17.7. The number of carbonyl (C=O) groups is 1. The molecule has 1 aliphatic heterocycles. The molecule has 2 aromatic carbocycles. The fourth-order valence-corrected chi connectivity index (χ4v) is 2.72. The summed E-state index contributed by atoms with van der Waals surface area (Å²) in [6.45, 7) is 3.25. The highest BCUT2D eigenvalue weighted by Crippen LogP contribution is 2.18. The Kier molecular flexibility index (Phi) is 6.02. The second-order valence-corrected chi connectivity index (χ2v) is 5.86. The van der Waals surface area contributed by atoms with Crippen LogP contribution < -0.4 is 9.64 Å². The van der Waals surface area contributed by atoms with Gasteiger partial charge >= 0.3 is 0 Å². The van der Waals surface area contributed by atoms with Crippen LogP contribution in [-0.2, 0) is 4.74 Å². The maximum Gasteiger partial charge on any atom is 0.185 e. The first-order valence-corrected chi connectivity index (χ1v) is 8.51. The average molecular weight is 348 g/mol. The summed E-state index contributed by atoms with van der Waals surface area (Å²) in [5.41, 5.74) is 2.67. The van der Waals surface area contributed by atoms with Crippen LogP contribution >= 0.6 is 0 Å². The smallest absolute Gasteiger partial charge is 0.185 e. The predicted molar refractivity (Wildman–Crippen MR) is 100 cm³/mol. The Bertz CT molecular complexity index is 799. The number of hydrogen-bond donors (Lipinski definition) is 0. The standard InChI is InChI=1S/C21H20N2O3/c22-11-14-26-20-8-1-17(2-9-20)3-10-21(24)18-4-6-19(7-5-18)23-12-15-25-16-13-23/h1-10H,12-16H2/b10-3+. The highest BCUT2D eigenvalue weighted by atomic mass is 16.5.